The van der Waals surface area contributed by atoms with E-state index in [9.17, 15) is 8.42 Å². The lowest BCUT2D eigenvalue weighted by molar-refractivity contribution is 0.546. The lowest BCUT2D eigenvalue weighted by Crippen LogP contribution is -2.28. The van der Waals surface area contributed by atoms with Crippen LogP contribution in [0.5, 0.6) is 0 Å². The quantitative estimate of drug-likeness (QED) is 0.507. The molecule has 0 aliphatic rings. The van der Waals surface area contributed by atoms with Crippen molar-refractivity contribution in [1.82, 2.24) is 3.93 Å². The van der Waals surface area contributed by atoms with E-state index < -0.39 is 10.0 Å². The van der Waals surface area contributed by atoms with Crippen LogP contribution >= 0.6 is 11.8 Å². The molecule has 0 saturated heterocycles. The highest BCUT2D eigenvalue weighted by atomic mass is 35.5. The van der Waals surface area contributed by atoms with E-state index in [0.717, 1.165) is 5.39 Å². The fraction of sp³-hybridized carbons (Fsp3) is 0. The number of fused-ring (bicyclic) bond motifs is 1. The molecule has 2 rings (SSSR count). The maximum absolute atomic E-state index is 11.8. The number of nitrogens with zero attached hydrogens (tertiary/aromatic N) is 1. The van der Waals surface area contributed by atoms with Crippen molar-refractivity contribution in [3.63, 3.8) is 0 Å². The topological polar surface area (TPSA) is 63.4 Å². The Kier molecular flexibility index (Phi) is 2.86. The minimum atomic E-state index is -3.83. The van der Waals surface area contributed by atoms with Crippen molar-refractivity contribution in [3.8, 4) is 0 Å². The van der Waals surface area contributed by atoms with Gasteiger partial charge in [-0.2, -0.15) is 0 Å². The van der Waals surface area contributed by atoms with Crippen LogP contribution in [0.3, 0.4) is 0 Å². The Morgan fingerprint density at radius 1 is 1.06 bits per heavy atom. The van der Waals surface area contributed by atoms with Crippen LogP contribution in [0.25, 0.3) is 10.8 Å². The molecule has 2 aromatic carbocycles. The lowest BCUT2D eigenvalue weighted by atomic mass is 10.1. The Hall–Kier alpha value is -1.14. The third-order valence-electron chi connectivity index (χ3n) is 2.26. The summed E-state index contributed by atoms with van der Waals surface area (Å²) in [4.78, 5) is 0.100. The van der Waals surface area contributed by atoms with Gasteiger partial charge >= 0.3 is 0 Å². The van der Waals surface area contributed by atoms with Crippen LogP contribution in [-0.2, 0) is 10.0 Å². The SMILES string of the molecule is NN(Cl)S(=O)(=O)c1cccc2ccccc12. The van der Waals surface area contributed by atoms with Crippen molar-refractivity contribution in [2.75, 3.05) is 0 Å². The van der Waals surface area contributed by atoms with Crippen LogP contribution in [-0.4, -0.2) is 12.4 Å². The van der Waals surface area contributed by atoms with Gasteiger partial charge in [0, 0.05) is 17.2 Å². The number of hydrogen-bond acceptors (Lipinski definition) is 3. The third kappa shape index (κ3) is 1.78. The first-order valence-electron chi connectivity index (χ1n) is 4.47. The minimum absolute atomic E-state index is 0.100. The zero-order valence-corrected chi connectivity index (χ0v) is 9.74. The second kappa shape index (κ2) is 4.03. The summed E-state index contributed by atoms with van der Waals surface area (Å²) in [5.41, 5.74) is 0. The Labute approximate surface area is 98.4 Å². The molecule has 16 heavy (non-hydrogen) atoms. The van der Waals surface area contributed by atoms with Gasteiger partial charge in [0.25, 0.3) is 10.0 Å². The smallest absolute Gasteiger partial charge is 0.240 e. The van der Waals surface area contributed by atoms with Gasteiger partial charge in [0.1, 0.15) is 0 Å². The average molecular weight is 257 g/mol. The molecule has 0 aromatic heterocycles. The number of hydrazine groups is 1. The van der Waals surface area contributed by atoms with Crippen molar-refractivity contribution >= 4 is 32.6 Å². The number of hydrogen-bond donors (Lipinski definition) is 1. The second-order valence-corrected chi connectivity index (χ2v) is 5.57. The highest BCUT2D eigenvalue weighted by molar-refractivity contribution is 7.90. The summed E-state index contributed by atoms with van der Waals surface area (Å²) >= 11 is 5.33. The molecule has 0 saturated carbocycles. The van der Waals surface area contributed by atoms with Gasteiger partial charge in [0.05, 0.1) is 4.90 Å². The number of halogens is 1. The minimum Gasteiger partial charge on any atom is -0.240 e. The fourth-order valence-corrected chi connectivity index (χ4v) is 2.64. The summed E-state index contributed by atoms with van der Waals surface area (Å²) in [5.74, 6) is 5.10. The standard InChI is InChI=1S/C10H9ClN2O2S/c11-13(12)16(14,15)10-7-3-5-8-4-1-2-6-9(8)10/h1-7H,12H2. The van der Waals surface area contributed by atoms with Crippen LogP contribution in [0.2, 0.25) is 0 Å². The summed E-state index contributed by atoms with van der Waals surface area (Å²) in [6.07, 6.45) is 0. The van der Waals surface area contributed by atoms with Gasteiger partial charge in [0.15, 0.2) is 0 Å². The first kappa shape index (κ1) is 11.3. The predicted octanol–water partition coefficient (Wildman–Crippen LogP) is 1.86. The van der Waals surface area contributed by atoms with E-state index in [0.29, 0.717) is 5.39 Å². The largest absolute Gasteiger partial charge is 0.270 e. The highest BCUT2D eigenvalue weighted by Gasteiger charge is 2.21. The van der Waals surface area contributed by atoms with Crippen LogP contribution in [0, 0.1) is 0 Å². The van der Waals surface area contributed by atoms with Crippen molar-refractivity contribution in [1.29, 1.82) is 0 Å². The Balaban J connectivity index is 2.80. The van der Waals surface area contributed by atoms with Crippen LogP contribution < -0.4 is 5.84 Å². The zero-order chi connectivity index (χ0) is 11.8. The first-order valence-corrected chi connectivity index (χ1v) is 6.25. The van der Waals surface area contributed by atoms with Gasteiger partial charge < -0.3 is 0 Å². The van der Waals surface area contributed by atoms with E-state index in [2.05, 4.69) is 0 Å². The molecule has 0 spiro atoms. The van der Waals surface area contributed by atoms with Gasteiger partial charge in [-0.05, 0) is 15.4 Å². The third-order valence-corrected chi connectivity index (χ3v) is 4.17. The van der Waals surface area contributed by atoms with Crippen LogP contribution in [0.4, 0.5) is 0 Å². The molecule has 0 unspecified atom stereocenters. The molecule has 0 bridgehead atoms. The average Bonchev–Trinajstić information content (AvgIpc) is 2.28. The molecule has 84 valence electrons. The van der Waals surface area contributed by atoms with Crippen molar-refractivity contribution in [3.05, 3.63) is 42.5 Å². The molecular formula is C10H9ClN2O2S. The molecule has 0 radical (unpaired) electrons. The highest BCUT2D eigenvalue weighted by Crippen LogP contribution is 2.24. The molecule has 0 aliphatic heterocycles. The lowest BCUT2D eigenvalue weighted by Gasteiger charge is -2.10. The summed E-state index contributed by atoms with van der Waals surface area (Å²) in [7, 11) is -3.83. The fourth-order valence-electron chi connectivity index (χ4n) is 1.51. The van der Waals surface area contributed by atoms with Crippen molar-refractivity contribution < 1.29 is 8.42 Å². The van der Waals surface area contributed by atoms with E-state index >= 15 is 0 Å². The Morgan fingerprint density at radius 2 is 1.69 bits per heavy atom. The summed E-state index contributed by atoms with van der Waals surface area (Å²) in [6.45, 7) is 0. The molecule has 2 aromatic rings. The summed E-state index contributed by atoms with van der Waals surface area (Å²) < 4.78 is 23.8. The number of sulfonamides is 1. The van der Waals surface area contributed by atoms with E-state index in [1.807, 2.05) is 18.2 Å². The molecule has 0 heterocycles. The molecular weight excluding hydrogens is 248 g/mol. The van der Waals surface area contributed by atoms with Gasteiger partial charge in [-0.25, -0.2) is 14.3 Å². The first-order chi connectivity index (χ1) is 7.53. The predicted molar refractivity (Wildman–Crippen MR) is 63.0 cm³/mol. The Bertz CT molecular complexity index is 620. The maximum atomic E-state index is 11.8. The monoisotopic (exact) mass is 256 g/mol. The molecule has 0 amide bonds. The van der Waals surface area contributed by atoms with Gasteiger partial charge in [-0.15, -0.1) is 0 Å². The number of nitrogens with two attached hydrogens (primary N) is 1. The van der Waals surface area contributed by atoms with E-state index in [-0.39, 0.29) is 8.83 Å². The molecule has 0 fully saturated rings. The second-order valence-electron chi connectivity index (χ2n) is 3.22. The van der Waals surface area contributed by atoms with E-state index in [1.54, 1.807) is 18.2 Å². The van der Waals surface area contributed by atoms with E-state index in [4.69, 9.17) is 17.6 Å². The molecule has 0 atom stereocenters. The summed E-state index contributed by atoms with van der Waals surface area (Å²) in [5, 5.41) is 1.42. The van der Waals surface area contributed by atoms with Gasteiger partial charge in [-0.3, -0.25) is 0 Å². The van der Waals surface area contributed by atoms with Crippen LogP contribution in [0.15, 0.2) is 47.4 Å². The number of rotatable bonds is 2. The number of benzene rings is 2. The summed E-state index contributed by atoms with van der Waals surface area (Å²) in [6, 6.07) is 12.1. The molecule has 4 nitrogen and oxygen atoms in total. The molecule has 6 heteroatoms. The molecule has 2 N–H and O–H groups in total. The van der Waals surface area contributed by atoms with Crippen molar-refractivity contribution in [2.24, 2.45) is 5.84 Å². The van der Waals surface area contributed by atoms with Crippen molar-refractivity contribution in [2.45, 2.75) is 4.90 Å². The zero-order valence-electron chi connectivity index (χ0n) is 8.17. The van der Waals surface area contributed by atoms with E-state index in [1.165, 1.54) is 6.07 Å². The normalized spacial score (nSPS) is 12.2. The van der Waals surface area contributed by atoms with Crippen LogP contribution in [0.1, 0.15) is 0 Å². The van der Waals surface area contributed by atoms with Gasteiger partial charge in [0.2, 0.25) is 0 Å². The maximum Gasteiger partial charge on any atom is 0.270 e. The van der Waals surface area contributed by atoms with Gasteiger partial charge in [-0.1, -0.05) is 36.4 Å². The molecule has 0 aliphatic carbocycles. The Morgan fingerprint density at radius 3 is 2.38 bits per heavy atom.